The van der Waals surface area contributed by atoms with Gasteiger partial charge in [0, 0.05) is 25.2 Å². The van der Waals surface area contributed by atoms with Crippen molar-refractivity contribution in [3.05, 3.63) is 89.5 Å². The Morgan fingerprint density at radius 1 is 0.667 bits per heavy atom. The molecule has 2 aliphatic rings. The molecule has 2 saturated heterocycles. The van der Waals surface area contributed by atoms with Gasteiger partial charge in [0.15, 0.2) is 0 Å². The van der Waals surface area contributed by atoms with E-state index in [9.17, 15) is 49.5 Å². The fraction of sp³-hybridized carbons (Fsp3) is 0.405. The first-order valence-electron chi connectivity index (χ1n) is 17.9. The van der Waals surface area contributed by atoms with E-state index in [1.807, 2.05) is 13.8 Å². The summed E-state index contributed by atoms with van der Waals surface area (Å²) in [5.74, 6) is -3.68. The molecule has 2 aliphatic heterocycles. The van der Waals surface area contributed by atoms with Gasteiger partial charge in [-0.1, -0.05) is 47.5 Å². The van der Waals surface area contributed by atoms with E-state index in [0.29, 0.717) is 30.5 Å². The highest BCUT2D eigenvalue weighted by molar-refractivity contribution is 7.92. The van der Waals surface area contributed by atoms with Gasteiger partial charge in [-0.3, -0.25) is 19.1 Å². The fourth-order valence-electron chi connectivity index (χ4n) is 6.27. The Labute approximate surface area is 332 Å². The third-order valence-corrected chi connectivity index (χ3v) is 13.8. The number of carboxylic acids is 2. The van der Waals surface area contributed by atoms with Gasteiger partial charge in [-0.2, -0.15) is 8.61 Å². The first-order chi connectivity index (χ1) is 26.6. The minimum absolute atomic E-state index is 0.0579. The number of hydrogen-bond acceptors (Lipinski definition) is 10. The fourth-order valence-corrected chi connectivity index (χ4v) is 10.1. The molecule has 2 amide bonds. The molecule has 0 saturated carbocycles. The van der Waals surface area contributed by atoms with Crippen molar-refractivity contribution in [1.82, 2.24) is 19.2 Å². The van der Waals surface area contributed by atoms with Gasteiger partial charge in [0.25, 0.3) is 0 Å². The second kappa shape index (κ2) is 18.6. The van der Waals surface area contributed by atoms with Crippen molar-refractivity contribution in [2.45, 2.75) is 86.8 Å². The molecule has 5 rings (SSSR count). The van der Waals surface area contributed by atoms with Crippen LogP contribution in [0.15, 0.2) is 82.6 Å². The van der Waals surface area contributed by atoms with Gasteiger partial charge >= 0.3 is 11.9 Å². The predicted octanol–water partition coefficient (Wildman–Crippen LogP) is 2.07. The summed E-state index contributed by atoms with van der Waals surface area (Å²) in [6.45, 7) is 5.45. The zero-order valence-corrected chi connectivity index (χ0v) is 34.2. The number of aliphatic carboxylic acids is 2. The minimum atomic E-state index is -3.92. The lowest BCUT2D eigenvalue weighted by Crippen LogP contribution is -2.51. The van der Waals surface area contributed by atoms with Crippen molar-refractivity contribution < 1.29 is 54.6 Å². The lowest BCUT2D eigenvalue weighted by molar-refractivity contribution is -0.142. The third kappa shape index (κ3) is 11.8. The number of carboxylic acid groups (broad SMARTS) is 2. The number of anilines is 1. The summed E-state index contributed by atoms with van der Waals surface area (Å²) >= 11 is 0. The van der Waals surface area contributed by atoms with Crippen LogP contribution in [0.4, 0.5) is 5.69 Å². The summed E-state index contributed by atoms with van der Waals surface area (Å²) in [6, 6.07) is 14.6. The molecule has 310 valence electrons. The smallest absolute Gasteiger partial charge is 0.326 e. The molecule has 0 bridgehead atoms. The van der Waals surface area contributed by atoms with E-state index in [0.717, 1.165) is 26.0 Å². The van der Waals surface area contributed by atoms with Gasteiger partial charge in [-0.25, -0.2) is 30.0 Å². The van der Waals surface area contributed by atoms with E-state index in [1.54, 1.807) is 36.4 Å². The van der Waals surface area contributed by atoms with E-state index < -0.39 is 78.0 Å². The lowest BCUT2D eigenvalue weighted by atomic mass is 10.0. The van der Waals surface area contributed by atoms with Gasteiger partial charge in [0.2, 0.25) is 41.9 Å². The molecule has 57 heavy (non-hydrogen) atoms. The molecule has 4 unspecified atom stereocenters. The normalized spacial score (nSPS) is 18.7. The van der Waals surface area contributed by atoms with E-state index in [1.165, 1.54) is 43.3 Å². The van der Waals surface area contributed by atoms with Gasteiger partial charge in [-0.15, -0.1) is 0 Å². The van der Waals surface area contributed by atoms with Crippen LogP contribution in [0.25, 0.3) is 0 Å². The average molecular weight is 850 g/mol. The Morgan fingerprint density at radius 3 is 1.47 bits per heavy atom. The van der Waals surface area contributed by atoms with Crippen molar-refractivity contribution in [3.8, 4) is 0 Å². The van der Waals surface area contributed by atoms with Gasteiger partial charge in [-0.05, 0) is 88.4 Å². The Bertz CT molecular complexity index is 2270. The maximum Gasteiger partial charge on any atom is 0.326 e. The highest BCUT2D eigenvalue weighted by Gasteiger charge is 2.41. The van der Waals surface area contributed by atoms with E-state index >= 15 is 0 Å². The van der Waals surface area contributed by atoms with Crippen LogP contribution in [-0.2, 0) is 55.7 Å². The number of carbonyl (C=O) groups excluding carboxylic acids is 2. The molecule has 20 heteroatoms. The van der Waals surface area contributed by atoms with Gasteiger partial charge < -0.3 is 20.8 Å². The molecule has 0 aliphatic carbocycles. The SMILES string of the molecule is Cc1ccc(S(=O)(=O)N2CCCC2C(=O)NC(C)C(=O)O)cc1.Cc1ccc(S(=O)(=O)N2CCCC2C(=O)NC(Cc2ccc(NS(C)(=O)=O)cc2)C(=O)O)cc1. The van der Waals surface area contributed by atoms with Crippen molar-refractivity contribution in [1.29, 1.82) is 0 Å². The number of benzene rings is 3. The van der Waals surface area contributed by atoms with Crippen LogP contribution in [0.1, 0.15) is 49.3 Å². The van der Waals surface area contributed by atoms with Crippen molar-refractivity contribution in [2.24, 2.45) is 0 Å². The van der Waals surface area contributed by atoms with Crippen LogP contribution < -0.4 is 15.4 Å². The Kier molecular flexibility index (Phi) is 14.6. The Hall–Kier alpha value is -4.89. The minimum Gasteiger partial charge on any atom is -0.480 e. The maximum atomic E-state index is 13.1. The van der Waals surface area contributed by atoms with E-state index in [2.05, 4.69) is 15.4 Å². The number of nitrogens with one attached hydrogen (secondary N) is 3. The summed E-state index contributed by atoms with van der Waals surface area (Å²) in [4.78, 5) is 48.0. The highest BCUT2D eigenvalue weighted by atomic mass is 32.2. The lowest BCUT2D eigenvalue weighted by Gasteiger charge is -2.25. The molecule has 0 radical (unpaired) electrons. The summed E-state index contributed by atoms with van der Waals surface area (Å²) < 4.78 is 78.8. The second-order valence-corrected chi connectivity index (χ2v) is 19.4. The Balaban J connectivity index is 0.000000273. The molecule has 2 heterocycles. The zero-order chi connectivity index (χ0) is 42.3. The van der Waals surface area contributed by atoms with E-state index in [4.69, 9.17) is 5.11 Å². The number of rotatable bonds is 14. The van der Waals surface area contributed by atoms with Crippen LogP contribution in [-0.4, -0.2) is 111 Å². The van der Waals surface area contributed by atoms with Crippen LogP contribution in [0.3, 0.4) is 0 Å². The topological polar surface area (TPSA) is 254 Å². The molecular formula is C37H47N5O12S3. The summed E-state index contributed by atoms with van der Waals surface area (Å²) in [6.07, 6.45) is 2.67. The number of aryl methyl sites for hydroxylation is 2. The first-order valence-corrected chi connectivity index (χ1v) is 22.7. The molecule has 4 atom stereocenters. The summed E-state index contributed by atoms with van der Waals surface area (Å²) in [5.41, 5.74) is 2.72. The summed E-state index contributed by atoms with van der Waals surface area (Å²) in [5, 5.41) is 23.3. The number of carbonyl (C=O) groups is 4. The molecule has 0 spiro atoms. The second-order valence-electron chi connectivity index (χ2n) is 13.9. The van der Waals surface area contributed by atoms with Crippen LogP contribution in [0, 0.1) is 13.8 Å². The maximum absolute atomic E-state index is 13.1. The number of nitrogens with zero attached hydrogens (tertiary/aromatic N) is 2. The van der Waals surface area contributed by atoms with Gasteiger partial charge in [0.05, 0.1) is 16.0 Å². The van der Waals surface area contributed by atoms with Crippen LogP contribution in [0.5, 0.6) is 0 Å². The van der Waals surface area contributed by atoms with E-state index in [-0.39, 0.29) is 35.7 Å². The van der Waals surface area contributed by atoms with Crippen LogP contribution in [0.2, 0.25) is 0 Å². The number of amides is 2. The van der Waals surface area contributed by atoms with Crippen LogP contribution >= 0.6 is 0 Å². The quantitative estimate of drug-likeness (QED) is 0.156. The molecule has 17 nitrogen and oxygen atoms in total. The number of sulfonamides is 3. The monoisotopic (exact) mass is 849 g/mol. The molecule has 3 aromatic rings. The molecule has 3 aromatic carbocycles. The summed E-state index contributed by atoms with van der Waals surface area (Å²) in [7, 11) is -11.1. The predicted molar refractivity (Wildman–Crippen MR) is 210 cm³/mol. The Morgan fingerprint density at radius 2 is 1.09 bits per heavy atom. The third-order valence-electron chi connectivity index (χ3n) is 9.31. The molecule has 0 aromatic heterocycles. The average Bonchev–Trinajstić information content (AvgIpc) is 3.84. The first kappa shape index (κ1) is 44.8. The molecule has 2 fully saturated rings. The largest absolute Gasteiger partial charge is 0.480 e. The highest BCUT2D eigenvalue weighted by Crippen LogP contribution is 2.28. The van der Waals surface area contributed by atoms with Gasteiger partial charge in [0.1, 0.15) is 24.2 Å². The van der Waals surface area contributed by atoms with Crippen molar-refractivity contribution >= 4 is 59.5 Å². The van der Waals surface area contributed by atoms with Crippen molar-refractivity contribution in [3.63, 3.8) is 0 Å². The molecule has 5 N–H and O–H groups in total. The van der Waals surface area contributed by atoms with Crippen molar-refractivity contribution in [2.75, 3.05) is 24.1 Å². The standard InChI is InChI=1S/C22H27N3O7S2.C15H20N2O5S/c1-15-5-11-18(12-6-15)34(31,32)25-13-3-4-20(25)21(26)23-19(22(27)28)14-16-7-9-17(10-8-16)24-33(2,29)30;1-10-5-7-12(8-6-10)23(21,22)17-9-3-4-13(17)14(18)16-11(2)15(19)20/h5-12,19-20,24H,3-4,13-14H2,1-2H3,(H,23,26)(H,27,28);5-8,11,13H,3-4,9H2,1-2H3,(H,16,18)(H,19,20). The molecular weight excluding hydrogens is 803 g/mol. The zero-order valence-electron chi connectivity index (χ0n) is 31.8. The number of hydrogen-bond donors (Lipinski definition) is 5.